The molecule has 0 aliphatic heterocycles. The van der Waals surface area contributed by atoms with E-state index >= 15 is 0 Å². The highest BCUT2D eigenvalue weighted by atomic mass is 35.5. The number of carbonyl (C=O) groups is 1. The van der Waals surface area contributed by atoms with E-state index in [0.717, 1.165) is 23.1 Å². The minimum atomic E-state index is -4.98. The van der Waals surface area contributed by atoms with E-state index in [0.29, 0.717) is 4.68 Å². The zero-order valence-electron chi connectivity index (χ0n) is 17.2. The fourth-order valence-corrected chi connectivity index (χ4v) is 3.68. The van der Waals surface area contributed by atoms with Gasteiger partial charge in [-0.2, -0.15) is 28.5 Å². The maximum absolute atomic E-state index is 14.2. The Morgan fingerprint density at radius 2 is 1.77 bits per heavy atom. The number of alkyl halides is 3. The molecule has 4 aromatic heterocycles. The number of carbonyl (C=O) groups excluding carboxylic acids is 1. The van der Waals surface area contributed by atoms with Crippen LogP contribution in [0.15, 0.2) is 61.3 Å². The normalized spacial score (nSPS) is 11.7. The van der Waals surface area contributed by atoms with Gasteiger partial charge in [-0.3, -0.25) is 9.78 Å². The molecule has 4 heterocycles. The van der Waals surface area contributed by atoms with E-state index in [1.807, 2.05) is 0 Å². The molecule has 0 atom stereocenters. The molecule has 1 aromatic carbocycles. The van der Waals surface area contributed by atoms with Crippen LogP contribution in [0.5, 0.6) is 0 Å². The lowest BCUT2D eigenvalue weighted by atomic mass is 10.1. The van der Waals surface area contributed by atoms with Gasteiger partial charge in [-0.1, -0.05) is 11.6 Å². The smallest absolute Gasteiger partial charge is 0.320 e. The van der Waals surface area contributed by atoms with E-state index in [2.05, 4.69) is 30.6 Å². The first-order chi connectivity index (χ1) is 16.7. The summed E-state index contributed by atoms with van der Waals surface area (Å²) in [4.78, 5) is 22.0. The van der Waals surface area contributed by atoms with E-state index in [1.54, 1.807) is 0 Å². The molecule has 0 saturated heterocycles. The van der Waals surface area contributed by atoms with Gasteiger partial charge in [-0.15, -0.1) is 4.80 Å². The average Bonchev–Trinajstić information content (AvgIpc) is 3.50. The summed E-state index contributed by atoms with van der Waals surface area (Å²) in [7, 11) is 0. The Kier molecular flexibility index (Phi) is 5.40. The molecule has 5 rings (SSSR count). The lowest BCUT2D eigenvalue weighted by Gasteiger charge is -2.14. The number of pyridine rings is 2. The van der Waals surface area contributed by atoms with Gasteiger partial charge in [0.05, 0.1) is 52.3 Å². The second kappa shape index (κ2) is 8.43. The number of aromatic nitrogens is 7. The maximum Gasteiger partial charge on any atom is 0.434 e. The molecule has 14 heteroatoms. The number of amides is 1. The molecule has 0 radical (unpaired) electrons. The van der Waals surface area contributed by atoms with Crippen LogP contribution in [0.25, 0.3) is 22.4 Å². The first-order valence-electron chi connectivity index (χ1n) is 9.76. The van der Waals surface area contributed by atoms with Crippen LogP contribution < -0.4 is 5.32 Å². The van der Waals surface area contributed by atoms with Crippen molar-refractivity contribution in [1.29, 1.82) is 0 Å². The third-order valence-corrected chi connectivity index (χ3v) is 5.17. The Morgan fingerprint density at radius 1 is 1.00 bits per heavy atom. The predicted molar refractivity (Wildman–Crippen MR) is 116 cm³/mol. The lowest BCUT2D eigenvalue weighted by molar-refractivity contribution is -0.143. The molecule has 35 heavy (non-hydrogen) atoms. The summed E-state index contributed by atoms with van der Waals surface area (Å²) in [5.74, 6) is -1.60. The zero-order chi connectivity index (χ0) is 24.7. The van der Waals surface area contributed by atoms with Gasteiger partial charge in [0, 0.05) is 11.6 Å². The van der Waals surface area contributed by atoms with Gasteiger partial charge < -0.3 is 5.32 Å². The highest BCUT2D eigenvalue weighted by molar-refractivity contribution is 6.32. The van der Waals surface area contributed by atoms with Crippen LogP contribution in [0, 0.1) is 5.82 Å². The summed E-state index contributed by atoms with van der Waals surface area (Å²) in [6.45, 7) is 0. The molecule has 5 aromatic rings. The molecule has 0 aliphatic rings. The fourth-order valence-electron chi connectivity index (χ4n) is 3.43. The molecular formula is C21H11ClF4N8O. The van der Waals surface area contributed by atoms with Crippen LogP contribution in [-0.4, -0.2) is 40.6 Å². The number of fused-ring (bicyclic) bond motifs is 1. The Hall–Kier alpha value is -4.39. The summed E-state index contributed by atoms with van der Waals surface area (Å²) in [6.07, 6.45) is 1.11. The third kappa shape index (κ3) is 4.05. The van der Waals surface area contributed by atoms with E-state index in [4.69, 9.17) is 11.6 Å². The van der Waals surface area contributed by atoms with Gasteiger partial charge in [0.1, 0.15) is 5.82 Å². The first kappa shape index (κ1) is 22.4. The van der Waals surface area contributed by atoms with Crippen molar-refractivity contribution in [2.75, 3.05) is 5.32 Å². The van der Waals surface area contributed by atoms with Crippen molar-refractivity contribution in [3.8, 4) is 11.5 Å². The number of hydrogen-bond acceptors (Lipinski definition) is 6. The molecule has 176 valence electrons. The Labute approximate surface area is 198 Å². The van der Waals surface area contributed by atoms with Gasteiger partial charge >= 0.3 is 6.18 Å². The van der Waals surface area contributed by atoms with Crippen molar-refractivity contribution >= 4 is 34.1 Å². The zero-order valence-corrected chi connectivity index (χ0v) is 18.0. The van der Waals surface area contributed by atoms with Crippen LogP contribution in [-0.2, 0) is 6.18 Å². The van der Waals surface area contributed by atoms with Crippen LogP contribution in [0.1, 0.15) is 16.1 Å². The summed E-state index contributed by atoms with van der Waals surface area (Å²) in [5.41, 5.74) is -2.28. The minimum absolute atomic E-state index is 0.00658. The average molecular weight is 503 g/mol. The molecule has 0 bridgehead atoms. The number of hydrogen-bond donors (Lipinski definition) is 1. The fraction of sp³-hybridized carbons (Fsp3) is 0.0476. The van der Waals surface area contributed by atoms with Gasteiger partial charge in [0.2, 0.25) is 0 Å². The lowest BCUT2D eigenvalue weighted by Crippen LogP contribution is -2.21. The maximum atomic E-state index is 14.2. The summed E-state index contributed by atoms with van der Waals surface area (Å²) >= 11 is 6.16. The van der Waals surface area contributed by atoms with Crippen LogP contribution in [0.4, 0.5) is 23.2 Å². The van der Waals surface area contributed by atoms with Gasteiger partial charge in [0.25, 0.3) is 5.91 Å². The quantitative estimate of drug-likeness (QED) is 0.364. The van der Waals surface area contributed by atoms with Gasteiger partial charge in [-0.25, -0.2) is 14.1 Å². The topological polar surface area (TPSA) is 103 Å². The SMILES string of the molecule is O=C(Nc1cnc(-n2nccn2)c(Cl)c1)c1cnn(-c2ccc(F)c3cccnc23)c1C(F)(F)F. The highest BCUT2D eigenvalue weighted by Crippen LogP contribution is 2.35. The van der Waals surface area contributed by atoms with Gasteiger partial charge in [-0.05, 0) is 30.3 Å². The largest absolute Gasteiger partial charge is 0.434 e. The molecule has 1 N–H and O–H groups in total. The van der Waals surface area contributed by atoms with Crippen molar-refractivity contribution in [2.45, 2.75) is 6.18 Å². The van der Waals surface area contributed by atoms with E-state index in [9.17, 15) is 22.4 Å². The molecule has 0 saturated carbocycles. The second-order valence-electron chi connectivity index (χ2n) is 7.08. The van der Waals surface area contributed by atoms with Gasteiger partial charge in [0.15, 0.2) is 11.5 Å². The number of halogens is 5. The summed E-state index contributed by atoms with van der Waals surface area (Å²) in [6, 6.07) is 6.24. The highest BCUT2D eigenvalue weighted by Gasteiger charge is 2.41. The first-order valence-corrected chi connectivity index (χ1v) is 10.1. The van der Waals surface area contributed by atoms with Crippen molar-refractivity contribution in [3.05, 3.63) is 83.4 Å². The standard InChI is InChI=1S/C21H11ClF4N8O/c22-14-8-11(9-28-19(14)34-29-6-7-30-34)32-20(35)13-10-31-33(18(13)21(24,25)26)16-4-3-15(23)12-2-1-5-27-17(12)16/h1-10H,(H,32,35). The van der Waals surface area contributed by atoms with Crippen LogP contribution in [0.2, 0.25) is 5.02 Å². The minimum Gasteiger partial charge on any atom is -0.320 e. The van der Waals surface area contributed by atoms with Crippen LogP contribution in [0.3, 0.4) is 0 Å². The molecular weight excluding hydrogens is 492 g/mol. The molecule has 0 unspecified atom stereocenters. The number of benzene rings is 1. The third-order valence-electron chi connectivity index (χ3n) is 4.89. The van der Waals surface area contributed by atoms with Crippen molar-refractivity contribution in [1.82, 2.24) is 34.7 Å². The molecule has 9 nitrogen and oxygen atoms in total. The Bertz CT molecular complexity index is 1570. The molecule has 0 fully saturated rings. The number of rotatable bonds is 4. The Balaban J connectivity index is 1.54. The number of anilines is 1. The van der Waals surface area contributed by atoms with Crippen molar-refractivity contribution < 1.29 is 22.4 Å². The summed E-state index contributed by atoms with van der Waals surface area (Å²) in [5, 5.41) is 13.9. The number of nitrogens with zero attached hydrogens (tertiary/aromatic N) is 7. The van der Waals surface area contributed by atoms with Crippen LogP contribution >= 0.6 is 11.6 Å². The number of nitrogens with one attached hydrogen (secondary N) is 1. The molecule has 0 aliphatic carbocycles. The second-order valence-corrected chi connectivity index (χ2v) is 7.49. The predicted octanol–water partition coefficient (Wildman–Crippen LogP) is 4.46. The Morgan fingerprint density at radius 3 is 2.49 bits per heavy atom. The summed E-state index contributed by atoms with van der Waals surface area (Å²) < 4.78 is 57.0. The van der Waals surface area contributed by atoms with Crippen molar-refractivity contribution in [2.24, 2.45) is 0 Å². The van der Waals surface area contributed by atoms with E-state index in [-0.39, 0.29) is 33.1 Å². The molecule has 0 spiro atoms. The van der Waals surface area contributed by atoms with E-state index < -0.39 is 29.2 Å². The monoisotopic (exact) mass is 502 g/mol. The van der Waals surface area contributed by atoms with E-state index in [1.165, 1.54) is 43.0 Å². The molecule has 1 amide bonds. The van der Waals surface area contributed by atoms with Crippen molar-refractivity contribution in [3.63, 3.8) is 0 Å².